The highest BCUT2D eigenvalue weighted by atomic mass is 32.2. The summed E-state index contributed by atoms with van der Waals surface area (Å²) in [5, 5.41) is 0.956. The molecular weight excluding hydrogens is 288 g/mol. The van der Waals surface area contributed by atoms with Gasteiger partial charge < -0.3 is 0 Å². The average molecular weight is 302 g/mol. The number of thiazole rings is 1. The third-order valence-corrected chi connectivity index (χ3v) is 6.21. The fourth-order valence-electron chi connectivity index (χ4n) is 1.44. The Hall–Kier alpha value is -0.760. The maximum atomic E-state index is 11.9. The zero-order valence-electron chi connectivity index (χ0n) is 10.1. The van der Waals surface area contributed by atoms with E-state index < -0.39 is 10.0 Å². The number of aryl methyl sites for hydroxylation is 2. The van der Waals surface area contributed by atoms with Crippen LogP contribution in [-0.2, 0) is 16.4 Å². The van der Waals surface area contributed by atoms with Crippen LogP contribution in [0.5, 0.6) is 0 Å². The van der Waals surface area contributed by atoms with Gasteiger partial charge in [-0.05, 0) is 26.0 Å². The fraction of sp³-hybridized carbons (Fsp3) is 0.364. The number of hydrogen-bond acceptors (Lipinski definition) is 5. The monoisotopic (exact) mass is 302 g/mol. The summed E-state index contributed by atoms with van der Waals surface area (Å²) >= 11 is 2.88. The molecule has 2 rings (SSSR count). The molecule has 0 saturated carbocycles. The Balaban J connectivity index is 1.93. The highest BCUT2D eigenvalue weighted by Gasteiger charge is 2.15. The molecule has 98 valence electrons. The van der Waals surface area contributed by atoms with Gasteiger partial charge in [-0.25, -0.2) is 18.1 Å². The maximum absolute atomic E-state index is 11.9. The Morgan fingerprint density at radius 2 is 2.00 bits per heavy atom. The second kappa shape index (κ2) is 5.48. The number of aromatic nitrogens is 1. The number of hydrogen-bond donors (Lipinski definition) is 1. The number of nitrogens with one attached hydrogen (secondary N) is 1. The van der Waals surface area contributed by atoms with Gasteiger partial charge in [0.25, 0.3) is 0 Å². The lowest BCUT2D eigenvalue weighted by atomic mass is 10.5. The number of sulfonamides is 1. The summed E-state index contributed by atoms with van der Waals surface area (Å²) in [6, 6.07) is 3.44. The molecule has 0 bridgehead atoms. The maximum Gasteiger partial charge on any atom is 0.250 e. The molecule has 0 saturated heterocycles. The summed E-state index contributed by atoms with van der Waals surface area (Å²) in [5.74, 6) is 0. The molecule has 2 heterocycles. The molecular formula is C11H14N2O2S3. The van der Waals surface area contributed by atoms with Gasteiger partial charge >= 0.3 is 0 Å². The van der Waals surface area contributed by atoms with Crippen molar-refractivity contribution in [2.75, 3.05) is 6.54 Å². The molecule has 0 fully saturated rings. The molecule has 1 N–H and O–H groups in total. The van der Waals surface area contributed by atoms with E-state index in [9.17, 15) is 8.42 Å². The van der Waals surface area contributed by atoms with Gasteiger partial charge in [0.15, 0.2) is 0 Å². The first-order chi connectivity index (χ1) is 8.47. The van der Waals surface area contributed by atoms with E-state index in [1.807, 2.05) is 19.9 Å². The fourth-order valence-corrected chi connectivity index (χ4v) is 4.58. The normalized spacial score (nSPS) is 11.9. The molecule has 2 aromatic heterocycles. The van der Waals surface area contributed by atoms with Crippen LogP contribution in [0.15, 0.2) is 22.5 Å². The van der Waals surface area contributed by atoms with Crippen LogP contribution < -0.4 is 4.72 Å². The van der Waals surface area contributed by atoms with Crippen LogP contribution in [-0.4, -0.2) is 19.9 Å². The highest BCUT2D eigenvalue weighted by Crippen LogP contribution is 2.20. The summed E-state index contributed by atoms with van der Waals surface area (Å²) in [6.07, 6.45) is 2.43. The minimum absolute atomic E-state index is 0.371. The van der Waals surface area contributed by atoms with Crippen LogP contribution >= 0.6 is 22.7 Å². The van der Waals surface area contributed by atoms with Crippen LogP contribution in [0.25, 0.3) is 0 Å². The minimum atomic E-state index is -3.36. The van der Waals surface area contributed by atoms with Crippen LogP contribution in [0.4, 0.5) is 0 Å². The number of nitrogens with zero attached hydrogens (tertiary/aromatic N) is 1. The van der Waals surface area contributed by atoms with Crippen molar-refractivity contribution >= 4 is 32.7 Å². The van der Waals surface area contributed by atoms with E-state index in [1.165, 1.54) is 11.3 Å². The lowest BCUT2D eigenvalue weighted by Crippen LogP contribution is -2.25. The van der Waals surface area contributed by atoms with Gasteiger partial charge in [0.2, 0.25) is 10.0 Å². The van der Waals surface area contributed by atoms with E-state index in [1.54, 1.807) is 23.6 Å². The summed E-state index contributed by atoms with van der Waals surface area (Å²) in [4.78, 5) is 6.33. The Labute approximate surface area is 115 Å². The molecule has 0 aliphatic rings. The van der Waals surface area contributed by atoms with Crippen molar-refractivity contribution in [3.05, 3.63) is 33.1 Å². The van der Waals surface area contributed by atoms with Crippen LogP contribution in [0.3, 0.4) is 0 Å². The molecule has 7 heteroatoms. The molecule has 0 atom stereocenters. The second-order valence-corrected chi connectivity index (χ2v) is 8.48. The Morgan fingerprint density at radius 3 is 2.56 bits per heavy atom. The smallest absolute Gasteiger partial charge is 0.249 e. The third kappa shape index (κ3) is 3.38. The van der Waals surface area contributed by atoms with Gasteiger partial charge in [-0.1, -0.05) is 0 Å². The minimum Gasteiger partial charge on any atom is -0.249 e. The quantitative estimate of drug-likeness (QED) is 0.922. The topological polar surface area (TPSA) is 59.1 Å². The predicted octanol–water partition coefficient (Wildman–Crippen LogP) is 2.34. The van der Waals surface area contributed by atoms with E-state index in [0.717, 1.165) is 14.8 Å². The standard InChI is InChI=1S/C11H14N2O2S3/c1-8-3-4-11(17-8)18(14,15)13-6-5-10-12-7-9(2)16-10/h3-4,7,13H,5-6H2,1-2H3. The first-order valence-electron chi connectivity index (χ1n) is 5.45. The van der Waals surface area contributed by atoms with Crippen LogP contribution in [0, 0.1) is 13.8 Å². The van der Waals surface area contributed by atoms with E-state index in [0.29, 0.717) is 17.2 Å². The predicted molar refractivity (Wildman–Crippen MR) is 74.8 cm³/mol. The van der Waals surface area contributed by atoms with Crippen molar-refractivity contribution in [1.29, 1.82) is 0 Å². The van der Waals surface area contributed by atoms with Crippen molar-refractivity contribution in [2.45, 2.75) is 24.5 Å². The second-order valence-electron chi connectivity index (χ2n) is 3.88. The number of rotatable bonds is 5. The van der Waals surface area contributed by atoms with Crippen molar-refractivity contribution in [2.24, 2.45) is 0 Å². The van der Waals surface area contributed by atoms with Gasteiger partial charge in [0.1, 0.15) is 4.21 Å². The molecule has 0 radical (unpaired) electrons. The zero-order valence-corrected chi connectivity index (χ0v) is 12.6. The Kier molecular flexibility index (Phi) is 4.16. The molecule has 0 aromatic carbocycles. The summed E-state index contributed by atoms with van der Waals surface area (Å²) < 4.78 is 26.8. The van der Waals surface area contributed by atoms with Gasteiger partial charge in [0.05, 0.1) is 5.01 Å². The molecule has 0 spiro atoms. The Morgan fingerprint density at radius 1 is 1.22 bits per heavy atom. The van der Waals surface area contributed by atoms with Crippen molar-refractivity contribution in [3.63, 3.8) is 0 Å². The first kappa shape index (κ1) is 13.7. The summed E-state index contributed by atoms with van der Waals surface area (Å²) in [6.45, 7) is 4.26. The average Bonchev–Trinajstić information content (AvgIpc) is 2.88. The van der Waals surface area contributed by atoms with Crippen molar-refractivity contribution < 1.29 is 8.42 Å². The van der Waals surface area contributed by atoms with Crippen LogP contribution in [0.1, 0.15) is 14.8 Å². The number of thiophene rings is 1. The Bertz CT molecular complexity index is 628. The van der Waals surface area contributed by atoms with Gasteiger partial charge in [-0.2, -0.15) is 0 Å². The van der Waals surface area contributed by atoms with Crippen molar-refractivity contribution in [3.8, 4) is 0 Å². The highest BCUT2D eigenvalue weighted by molar-refractivity contribution is 7.91. The lowest BCUT2D eigenvalue weighted by Gasteiger charge is -2.02. The summed E-state index contributed by atoms with van der Waals surface area (Å²) in [7, 11) is -3.36. The summed E-state index contributed by atoms with van der Waals surface area (Å²) in [5.41, 5.74) is 0. The van der Waals surface area contributed by atoms with Gasteiger partial charge in [-0.15, -0.1) is 22.7 Å². The molecule has 0 aliphatic carbocycles. The lowest BCUT2D eigenvalue weighted by molar-refractivity contribution is 0.583. The first-order valence-corrected chi connectivity index (χ1v) is 8.56. The third-order valence-electron chi connectivity index (χ3n) is 2.28. The van der Waals surface area contributed by atoms with Gasteiger partial charge in [0, 0.05) is 28.9 Å². The SMILES string of the molecule is Cc1ccc(S(=O)(=O)NCCc2ncc(C)s2)s1. The van der Waals surface area contributed by atoms with E-state index >= 15 is 0 Å². The van der Waals surface area contributed by atoms with Gasteiger partial charge in [-0.3, -0.25) is 0 Å². The van der Waals surface area contributed by atoms with E-state index in [2.05, 4.69) is 9.71 Å². The molecule has 18 heavy (non-hydrogen) atoms. The molecule has 0 amide bonds. The zero-order chi connectivity index (χ0) is 13.2. The van der Waals surface area contributed by atoms with E-state index in [4.69, 9.17) is 0 Å². The molecule has 0 unspecified atom stereocenters. The van der Waals surface area contributed by atoms with Crippen molar-refractivity contribution in [1.82, 2.24) is 9.71 Å². The van der Waals surface area contributed by atoms with E-state index in [-0.39, 0.29) is 0 Å². The molecule has 2 aromatic rings. The largest absolute Gasteiger partial charge is 0.250 e. The van der Waals surface area contributed by atoms with Crippen LogP contribution in [0.2, 0.25) is 0 Å². The molecule has 0 aliphatic heterocycles. The molecule has 4 nitrogen and oxygen atoms in total.